The Morgan fingerprint density at radius 3 is 2.67 bits per heavy atom. The number of halogens is 1. The van der Waals surface area contributed by atoms with Gasteiger partial charge >= 0.3 is 0 Å². The molecule has 27 heavy (non-hydrogen) atoms. The third-order valence-corrected chi connectivity index (χ3v) is 6.02. The summed E-state index contributed by atoms with van der Waals surface area (Å²) in [5.41, 5.74) is 0.613. The van der Waals surface area contributed by atoms with Crippen molar-refractivity contribution in [1.82, 2.24) is 9.97 Å². The molecule has 1 saturated heterocycles. The predicted octanol–water partition coefficient (Wildman–Crippen LogP) is 4.06. The molecule has 0 amide bonds. The fourth-order valence-electron chi connectivity index (χ4n) is 3.71. The van der Waals surface area contributed by atoms with Crippen molar-refractivity contribution in [2.24, 2.45) is 0 Å². The fourth-order valence-corrected chi connectivity index (χ4v) is 4.15. The zero-order valence-corrected chi connectivity index (χ0v) is 16.0. The molecule has 1 aliphatic heterocycles. The van der Waals surface area contributed by atoms with Gasteiger partial charge in [0.25, 0.3) is 0 Å². The van der Waals surface area contributed by atoms with Crippen LogP contribution in [0.5, 0.6) is 0 Å². The number of hydrogen-bond donors (Lipinski definition) is 1. The zero-order chi connectivity index (χ0) is 18.9. The number of thioether (sulfide) groups is 1. The summed E-state index contributed by atoms with van der Waals surface area (Å²) in [7, 11) is 0. The third kappa shape index (κ3) is 3.77. The fraction of sp³-hybridized carbons (Fsp3) is 0.333. The maximum absolute atomic E-state index is 14.0. The number of nitrogens with zero attached hydrogens (tertiary/aromatic N) is 3. The van der Waals surface area contributed by atoms with Crippen molar-refractivity contribution in [1.29, 1.82) is 0 Å². The van der Waals surface area contributed by atoms with Gasteiger partial charge in [0.15, 0.2) is 0 Å². The van der Waals surface area contributed by atoms with Gasteiger partial charge in [-0.05, 0) is 48.9 Å². The molecule has 1 N–H and O–H groups in total. The smallest absolute Gasteiger partial charge is 0.139 e. The molecule has 2 aromatic carbocycles. The second-order valence-corrected chi connectivity index (χ2v) is 7.94. The van der Waals surface area contributed by atoms with Crippen molar-refractivity contribution in [3.63, 3.8) is 0 Å². The van der Waals surface area contributed by atoms with E-state index in [4.69, 9.17) is 0 Å². The van der Waals surface area contributed by atoms with E-state index in [1.54, 1.807) is 30.2 Å². The van der Waals surface area contributed by atoms with E-state index >= 15 is 0 Å². The lowest BCUT2D eigenvalue weighted by Crippen LogP contribution is -2.46. The Kier molecular flexibility index (Phi) is 5.02. The number of piperidine rings is 1. The number of rotatable bonds is 4. The molecular weight excluding hydrogens is 361 g/mol. The lowest BCUT2D eigenvalue weighted by Gasteiger charge is -2.39. The van der Waals surface area contributed by atoms with Gasteiger partial charge in [-0.15, -0.1) is 11.8 Å². The first-order valence-corrected chi connectivity index (χ1v) is 10.3. The molecule has 3 aromatic rings. The van der Waals surface area contributed by atoms with Crippen molar-refractivity contribution in [3.05, 3.63) is 60.2 Å². The maximum Gasteiger partial charge on any atom is 0.139 e. The van der Waals surface area contributed by atoms with E-state index in [0.29, 0.717) is 37.9 Å². The summed E-state index contributed by atoms with van der Waals surface area (Å²) in [6.07, 6.45) is 5.14. The summed E-state index contributed by atoms with van der Waals surface area (Å²) < 4.78 is 14.0. The molecule has 0 unspecified atom stereocenters. The maximum atomic E-state index is 14.0. The highest BCUT2D eigenvalue weighted by Gasteiger charge is 2.34. The molecule has 0 radical (unpaired) electrons. The van der Waals surface area contributed by atoms with E-state index in [-0.39, 0.29) is 5.82 Å². The Morgan fingerprint density at radius 1 is 1.15 bits per heavy atom. The molecule has 0 atom stereocenters. The van der Waals surface area contributed by atoms with Crippen molar-refractivity contribution in [2.45, 2.75) is 29.8 Å². The van der Waals surface area contributed by atoms with Gasteiger partial charge in [0.05, 0.1) is 11.1 Å². The Balaban J connectivity index is 1.54. The predicted molar refractivity (Wildman–Crippen MR) is 108 cm³/mol. The molecule has 1 aromatic heterocycles. The molecule has 1 aliphatic rings. The molecule has 1 fully saturated rings. The molecule has 4 rings (SSSR count). The second kappa shape index (κ2) is 7.44. The monoisotopic (exact) mass is 383 g/mol. The Labute approximate surface area is 162 Å². The number of aromatic nitrogens is 2. The number of benzene rings is 2. The summed E-state index contributed by atoms with van der Waals surface area (Å²) >= 11 is 1.69. The minimum Gasteiger partial charge on any atom is -0.389 e. The summed E-state index contributed by atoms with van der Waals surface area (Å²) in [5.74, 6) is 0.656. The number of aliphatic hydroxyl groups is 1. The minimum atomic E-state index is -0.883. The van der Waals surface area contributed by atoms with Crippen LogP contribution in [0.15, 0.2) is 53.7 Å². The SMILES string of the molecule is CSc1ccc2ncnc(N3CCC(O)(Cc4ccccc4F)CC3)c2c1. The Bertz CT molecular complexity index is 957. The molecule has 2 heterocycles. The summed E-state index contributed by atoms with van der Waals surface area (Å²) in [6.45, 7) is 1.36. The Morgan fingerprint density at radius 2 is 1.93 bits per heavy atom. The number of hydrogen-bond acceptors (Lipinski definition) is 5. The van der Waals surface area contributed by atoms with Crippen LogP contribution in [-0.2, 0) is 6.42 Å². The van der Waals surface area contributed by atoms with Gasteiger partial charge in [-0.2, -0.15) is 0 Å². The van der Waals surface area contributed by atoms with E-state index in [0.717, 1.165) is 16.7 Å². The van der Waals surface area contributed by atoms with E-state index in [9.17, 15) is 9.50 Å². The van der Waals surface area contributed by atoms with Crippen LogP contribution in [0, 0.1) is 5.82 Å². The molecular formula is C21H22FN3OS. The van der Waals surface area contributed by atoms with E-state index in [1.807, 2.05) is 18.4 Å². The topological polar surface area (TPSA) is 49.2 Å². The van der Waals surface area contributed by atoms with Gasteiger partial charge in [-0.25, -0.2) is 14.4 Å². The largest absolute Gasteiger partial charge is 0.389 e. The molecule has 0 saturated carbocycles. The molecule has 4 nitrogen and oxygen atoms in total. The zero-order valence-electron chi connectivity index (χ0n) is 15.2. The van der Waals surface area contributed by atoms with Gasteiger partial charge in [0.2, 0.25) is 0 Å². The highest BCUT2D eigenvalue weighted by molar-refractivity contribution is 7.98. The molecule has 0 bridgehead atoms. The van der Waals surface area contributed by atoms with Crippen LogP contribution >= 0.6 is 11.8 Å². The minimum absolute atomic E-state index is 0.250. The van der Waals surface area contributed by atoms with Crippen molar-refractivity contribution in [3.8, 4) is 0 Å². The van der Waals surface area contributed by atoms with Gasteiger partial charge in [-0.3, -0.25) is 0 Å². The lowest BCUT2D eigenvalue weighted by molar-refractivity contribution is 0.0157. The molecule has 0 aliphatic carbocycles. The highest BCUT2D eigenvalue weighted by atomic mass is 32.2. The average molecular weight is 383 g/mol. The van der Waals surface area contributed by atoms with Crippen LogP contribution in [0.25, 0.3) is 10.9 Å². The van der Waals surface area contributed by atoms with Gasteiger partial charge in [0.1, 0.15) is 18.0 Å². The van der Waals surface area contributed by atoms with Crippen LogP contribution in [0.3, 0.4) is 0 Å². The van der Waals surface area contributed by atoms with Crippen LogP contribution in [0.2, 0.25) is 0 Å². The molecule has 140 valence electrons. The van der Waals surface area contributed by atoms with Gasteiger partial charge in [0, 0.05) is 29.8 Å². The van der Waals surface area contributed by atoms with Crippen molar-refractivity contribution < 1.29 is 9.50 Å². The average Bonchev–Trinajstić information content (AvgIpc) is 2.69. The first-order chi connectivity index (χ1) is 13.1. The number of anilines is 1. The van der Waals surface area contributed by atoms with Crippen LogP contribution in [0.4, 0.5) is 10.2 Å². The summed E-state index contributed by atoms with van der Waals surface area (Å²) in [6, 6.07) is 12.9. The van der Waals surface area contributed by atoms with Crippen molar-refractivity contribution in [2.75, 3.05) is 24.2 Å². The van der Waals surface area contributed by atoms with Crippen LogP contribution in [-0.4, -0.2) is 40.0 Å². The Hall–Kier alpha value is -2.18. The van der Waals surface area contributed by atoms with E-state index < -0.39 is 5.60 Å². The number of fused-ring (bicyclic) bond motifs is 1. The first kappa shape index (κ1) is 18.2. The van der Waals surface area contributed by atoms with Crippen LogP contribution in [0.1, 0.15) is 18.4 Å². The van der Waals surface area contributed by atoms with Gasteiger partial charge < -0.3 is 10.0 Å². The quantitative estimate of drug-likeness (QED) is 0.689. The second-order valence-electron chi connectivity index (χ2n) is 7.06. The van der Waals surface area contributed by atoms with Gasteiger partial charge in [-0.1, -0.05) is 18.2 Å². The van der Waals surface area contributed by atoms with Crippen LogP contribution < -0.4 is 4.90 Å². The summed E-state index contributed by atoms with van der Waals surface area (Å²) in [4.78, 5) is 12.3. The summed E-state index contributed by atoms with van der Waals surface area (Å²) in [5, 5.41) is 12.0. The molecule has 6 heteroatoms. The van der Waals surface area contributed by atoms with E-state index in [1.165, 1.54) is 11.0 Å². The van der Waals surface area contributed by atoms with Crippen molar-refractivity contribution >= 4 is 28.5 Å². The highest BCUT2D eigenvalue weighted by Crippen LogP contribution is 2.33. The normalized spacial score (nSPS) is 16.6. The standard InChI is InChI=1S/C21H22FN3OS/c1-27-16-6-7-19-17(12-16)20(24-14-23-19)25-10-8-21(26,9-11-25)13-15-4-2-3-5-18(15)22/h2-7,12,14,26H,8-11,13H2,1H3. The first-order valence-electron chi connectivity index (χ1n) is 9.07. The van der Waals surface area contributed by atoms with E-state index in [2.05, 4.69) is 27.0 Å². The third-order valence-electron chi connectivity index (χ3n) is 5.29. The molecule has 0 spiro atoms. The lowest BCUT2D eigenvalue weighted by atomic mass is 9.85.